The molecule has 12 heteroatoms. The van der Waals surface area contributed by atoms with Crippen molar-refractivity contribution in [1.29, 1.82) is 0 Å². The van der Waals surface area contributed by atoms with Gasteiger partial charge < -0.3 is 24.4 Å². The van der Waals surface area contributed by atoms with Gasteiger partial charge in [-0.1, -0.05) is 111 Å². The predicted octanol–water partition coefficient (Wildman–Crippen LogP) is 10.5. The molecule has 2 aliphatic rings. The Morgan fingerprint density at radius 2 is 1.59 bits per heavy atom. The van der Waals surface area contributed by atoms with Crippen molar-refractivity contribution < 1.29 is 28.6 Å². The maximum absolute atomic E-state index is 14.1. The van der Waals surface area contributed by atoms with E-state index in [4.69, 9.17) is 25.8 Å². The van der Waals surface area contributed by atoms with Crippen LogP contribution in [0.3, 0.4) is 0 Å². The summed E-state index contributed by atoms with van der Waals surface area (Å²) >= 11 is 0. The zero-order valence-corrected chi connectivity index (χ0v) is 34.6. The van der Waals surface area contributed by atoms with Crippen LogP contribution in [-0.2, 0) is 14.3 Å². The van der Waals surface area contributed by atoms with Crippen molar-refractivity contribution in [1.82, 2.24) is 19.5 Å². The average Bonchev–Trinajstić information content (AvgIpc) is 3.73. The number of esters is 1. The van der Waals surface area contributed by atoms with Gasteiger partial charge in [0.05, 0.1) is 19.8 Å². The summed E-state index contributed by atoms with van der Waals surface area (Å²) < 4.78 is 18.9. The topological polar surface area (TPSA) is 132 Å². The number of carbonyl (C=O) groups is 3. The lowest BCUT2D eigenvalue weighted by Gasteiger charge is -2.37. The van der Waals surface area contributed by atoms with Crippen LogP contribution in [0.1, 0.15) is 140 Å². The Kier molecular flexibility index (Phi) is 15.8. The molecule has 2 fully saturated rings. The number of nitrogens with zero attached hydrogens (tertiary/aromatic N) is 4. The van der Waals surface area contributed by atoms with E-state index < -0.39 is 12.1 Å². The number of rotatable bonds is 18. The van der Waals surface area contributed by atoms with Crippen LogP contribution in [0.4, 0.5) is 16.2 Å². The fraction of sp³-hybridized carbons (Fsp3) is 0.659. The molecule has 306 valence electrons. The van der Waals surface area contributed by atoms with Gasteiger partial charge in [-0.25, -0.2) is 23.9 Å². The number of unbranched alkanes of at least 4 members (excludes halogenated alkanes) is 8. The minimum Gasteiger partial charge on any atom is -0.459 e. The standard InChI is InChI=1S/C44H64N6O6/c1-8-10-12-14-15-17-19-33(18-16-13-11-9-2)41(51)46-35-28-34(21-20-30(35)4)39-47-40-36(43(52)55-38-31(5)26-29(3)27-32(38)6)37(45-7)42(50(40)48-39)56-44(53)49-22-24-54-25-23-49/h20-21,28-29,31-33,38H,8-19,22-27H2,1-6H3,(H,46,51)(H,47,48). The van der Waals surface area contributed by atoms with Crippen LogP contribution in [0.5, 0.6) is 5.88 Å². The van der Waals surface area contributed by atoms with Gasteiger partial charge in [-0.2, -0.15) is 0 Å². The number of aryl methyl sites for hydroxylation is 1. The summed E-state index contributed by atoms with van der Waals surface area (Å²) in [4.78, 5) is 51.4. The number of amides is 2. The first kappa shape index (κ1) is 42.8. The summed E-state index contributed by atoms with van der Waals surface area (Å²) in [6.07, 6.45) is 14.2. The number of hydrogen-bond acceptors (Lipinski definition) is 7. The number of anilines is 1. The Morgan fingerprint density at radius 3 is 2.23 bits per heavy atom. The van der Waals surface area contributed by atoms with Crippen molar-refractivity contribution in [2.24, 2.45) is 23.7 Å². The highest BCUT2D eigenvalue weighted by Gasteiger charge is 2.38. The fourth-order valence-electron chi connectivity index (χ4n) is 8.52. The molecule has 3 atom stereocenters. The number of hydrogen-bond donors (Lipinski definition) is 2. The molecule has 56 heavy (non-hydrogen) atoms. The SMILES string of the molecule is [C-]#[N+]c1c(C(=O)OC2C(C)CC(C)CC2C)c2nc(-c3ccc(C)c(NC(=O)C(CCCCCC)CCCCCCCC)c3)[nH]n2c1OC(=O)N1CCOCC1. The second kappa shape index (κ2) is 20.7. The van der Waals surface area contributed by atoms with Crippen LogP contribution in [0.2, 0.25) is 0 Å². The highest BCUT2D eigenvalue weighted by atomic mass is 16.6. The van der Waals surface area contributed by atoms with Gasteiger partial charge in [0.15, 0.2) is 11.5 Å². The number of carbonyl (C=O) groups excluding carboxylic acids is 3. The molecule has 3 aromatic rings. The van der Waals surface area contributed by atoms with Crippen LogP contribution in [0.25, 0.3) is 21.9 Å². The number of morpholine rings is 1. The zero-order valence-electron chi connectivity index (χ0n) is 34.6. The third kappa shape index (κ3) is 10.7. The largest absolute Gasteiger partial charge is 0.459 e. The number of fused-ring (bicyclic) bond motifs is 1. The van der Waals surface area contributed by atoms with Crippen molar-refractivity contribution in [3.8, 4) is 17.3 Å². The lowest BCUT2D eigenvalue weighted by Crippen LogP contribution is -2.42. The normalized spacial score (nSPS) is 20.4. The number of benzene rings is 1. The number of H-pyrrole nitrogens is 1. The summed E-state index contributed by atoms with van der Waals surface area (Å²) in [5, 5.41) is 6.44. The highest BCUT2D eigenvalue weighted by molar-refractivity contribution is 6.05. The van der Waals surface area contributed by atoms with Gasteiger partial charge in [0.1, 0.15) is 11.7 Å². The first-order chi connectivity index (χ1) is 27.1. The molecule has 0 radical (unpaired) electrons. The Labute approximate surface area is 333 Å². The van der Waals surface area contributed by atoms with Crippen molar-refractivity contribution in [3.63, 3.8) is 0 Å². The molecule has 2 amide bonds. The van der Waals surface area contributed by atoms with Crippen LogP contribution in [0, 0.1) is 37.2 Å². The number of nitrogens with one attached hydrogen (secondary N) is 2. The van der Waals surface area contributed by atoms with Gasteiger partial charge >= 0.3 is 12.1 Å². The fourth-order valence-corrected chi connectivity index (χ4v) is 8.52. The Balaban J connectivity index is 1.45. The predicted molar refractivity (Wildman–Crippen MR) is 219 cm³/mol. The zero-order chi connectivity index (χ0) is 40.2. The smallest absolute Gasteiger partial charge is 0.415 e. The molecule has 1 aromatic carbocycles. The van der Waals surface area contributed by atoms with Crippen LogP contribution in [0.15, 0.2) is 18.2 Å². The van der Waals surface area contributed by atoms with E-state index in [1.165, 1.54) is 41.5 Å². The molecule has 2 N–H and O–H groups in total. The van der Waals surface area contributed by atoms with E-state index in [0.29, 0.717) is 49.3 Å². The molecule has 1 saturated carbocycles. The molecule has 3 heterocycles. The van der Waals surface area contributed by atoms with Crippen LogP contribution >= 0.6 is 0 Å². The minimum atomic E-state index is -0.675. The minimum absolute atomic E-state index is 0.0347. The van der Waals surface area contributed by atoms with E-state index >= 15 is 0 Å². The van der Waals surface area contributed by atoms with E-state index in [2.05, 4.69) is 49.9 Å². The van der Waals surface area contributed by atoms with E-state index in [-0.39, 0.29) is 52.5 Å². The van der Waals surface area contributed by atoms with Gasteiger partial charge in [-0.15, -0.1) is 0 Å². The first-order valence-electron chi connectivity index (χ1n) is 21.2. The van der Waals surface area contributed by atoms with E-state index in [1.807, 2.05) is 25.1 Å². The molecular formula is C44H64N6O6. The van der Waals surface area contributed by atoms with Crippen molar-refractivity contribution in [2.75, 3.05) is 31.6 Å². The maximum Gasteiger partial charge on any atom is 0.415 e. The third-order valence-electron chi connectivity index (χ3n) is 11.6. The van der Waals surface area contributed by atoms with E-state index in [0.717, 1.165) is 63.4 Å². The lowest BCUT2D eigenvalue weighted by molar-refractivity contribution is -0.120. The molecule has 12 nitrogen and oxygen atoms in total. The van der Waals surface area contributed by atoms with Gasteiger partial charge in [-0.05, 0) is 62.0 Å². The second-order valence-corrected chi connectivity index (χ2v) is 16.4. The summed E-state index contributed by atoms with van der Waals surface area (Å²) in [6, 6.07) is 5.70. The molecule has 1 saturated heterocycles. The second-order valence-electron chi connectivity index (χ2n) is 16.4. The maximum atomic E-state index is 14.1. The van der Waals surface area contributed by atoms with Gasteiger partial charge in [0.2, 0.25) is 11.8 Å². The first-order valence-corrected chi connectivity index (χ1v) is 21.2. The number of ether oxygens (including phenoxy) is 3. The van der Waals surface area contributed by atoms with Crippen molar-refractivity contribution in [2.45, 2.75) is 138 Å². The lowest BCUT2D eigenvalue weighted by atomic mass is 9.75. The monoisotopic (exact) mass is 772 g/mol. The Bertz CT molecular complexity index is 1810. The molecule has 5 rings (SSSR count). The van der Waals surface area contributed by atoms with E-state index in [1.54, 1.807) is 0 Å². The highest BCUT2D eigenvalue weighted by Crippen LogP contribution is 2.41. The van der Waals surface area contributed by atoms with Gasteiger partial charge in [0, 0.05) is 30.3 Å². The summed E-state index contributed by atoms with van der Waals surface area (Å²) in [7, 11) is 0. The van der Waals surface area contributed by atoms with Gasteiger partial charge in [0.25, 0.3) is 5.69 Å². The number of aromatic nitrogens is 3. The quantitative estimate of drug-likeness (QED) is 0.0747. The summed E-state index contributed by atoms with van der Waals surface area (Å²) in [5.41, 5.74) is 2.19. The number of aromatic amines is 1. The molecule has 0 bridgehead atoms. The molecule has 2 aromatic heterocycles. The van der Waals surface area contributed by atoms with Crippen LogP contribution in [-0.4, -0.2) is 69.9 Å². The van der Waals surface area contributed by atoms with Gasteiger partial charge in [-0.3, -0.25) is 9.89 Å². The molecule has 3 unspecified atom stereocenters. The molecule has 1 aliphatic carbocycles. The van der Waals surface area contributed by atoms with Crippen molar-refractivity contribution in [3.05, 3.63) is 40.7 Å². The van der Waals surface area contributed by atoms with E-state index in [9.17, 15) is 14.4 Å². The Hall–Kier alpha value is -4.37. The van der Waals surface area contributed by atoms with Crippen LogP contribution < -0.4 is 10.1 Å². The summed E-state index contributed by atoms with van der Waals surface area (Å²) in [5.74, 6) is 0.352. The average molecular weight is 773 g/mol. The Morgan fingerprint density at radius 1 is 0.964 bits per heavy atom. The molecule has 1 aliphatic heterocycles. The molecule has 0 spiro atoms. The third-order valence-corrected chi connectivity index (χ3v) is 11.6. The van der Waals surface area contributed by atoms with Crippen molar-refractivity contribution >= 4 is 35.0 Å². The molecular weight excluding hydrogens is 709 g/mol. The summed E-state index contributed by atoms with van der Waals surface area (Å²) in [6.45, 7) is 22.3.